The number of carbonyl (C=O) groups excluding carboxylic acids is 1. The molecule has 1 rings (SSSR count). The zero-order chi connectivity index (χ0) is 15.0. The zero-order valence-electron chi connectivity index (χ0n) is 13.1. The van der Waals surface area contributed by atoms with Crippen LogP contribution in [0.15, 0.2) is 30.3 Å². The van der Waals surface area contributed by atoms with Crippen molar-refractivity contribution in [1.82, 2.24) is 5.32 Å². The summed E-state index contributed by atoms with van der Waals surface area (Å²) in [5.74, 6) is -0.0978. The number of hydrogen-bond donors (Lipinski definition) is 2. The maximum absolute atomic E-state index is 12.0. The molecule has 5 heteroatoms. The minimum absolute atomic E-state index is 0. The van der Waals surface area contributed by atoms with Gasteiger partial charge in [-0.3, -0.25) is 4.79 Å². The van der Waals surface area contributed by atoms with Crippen molar-refractivity contribution < 1.29 is 9.53 Å². The Bertz CT molecular complexity index is 410. The van der Waals surface area contributed by atoms with Crippen molar-refractivity contribution in [2.75, 3.05) is 20.3 Å². The molecule has 21 heavy (non-hydrogen) atoms. The van der Waals surface area contributed by atoms with E-state index in [4.69, 9.17) is 10.5 Å². The Morgan fingerprint density at radius 3 is 2.52 bits per heavy atom. The summed E-state index contributed by atoms with van der Waals surface area (Å²) in [7, 11) is 1.68. The summed E-state index contributed by atoms with van der Waals surface area (Å²) in [5.41, 5.74) is 7.03. The van der Waals surface area contributed by atoms with Crippen LogP contribution >= 0.6 is 12.4 Å². The van der Waals surface area contributed by atoms with Gasteiger partial charge in [0, 0.05) is 20.3 Å². The van der Waals surface area contributed by atoms with Crippen molar-refractivity contribution >= 4 is 18.3 Å². The lowest BCUT2D eigenvalue weighted by Gasteiger charge is -2.25. The molecule has 3 N–H and O–H groups in total. The number of nitrogens with one attached hydrogen (secondary N) is 1. The minimum atomic E-state index is -0.504. The van der Waals surface area contributed by atoms with Crippen molar-refractivity contribution in [1.29, 1.82) is 0 Å². The van der Waals surface area contributed by atoms with E-state index < -0.39 is 6.04 Å². The standard InChI is InChI=1S/C16H26N2O2.ClH/c1-16(2,9-10-20-3)12-18-15(19)14(17)11-13-7-5-4-6-8-13;/h4-8,14H,9-12,17H2,1-3H3,(H,18,19);1H/t14-;/m0./s1. The smallest absolute Gasteiger partial charge is 0.237 e. The monoisotopic (exact) mass is 314 g/mol. The summed E-state index contributed by atoms with van der Waals surface area (Å²) in [5, 5.41) is 2.93. The molecule has 0 unspecified atom stereocenters. The van der Waals surface area contributed by atoms with E-state index in [9.17, 15) is 4.79 Å². The first kappa shape index (κ1) is 19.9. The van der Waals surface area contributed by atoms with E-state index >= 15 is 0 Å². The number of amides is 1. The van der Waals surface area contributed by atoms with E-state index in [-0.39, 0.29) is 23.7 Å². The predicted molar refractivity (Wildman–Crippen MR) is 88.7 cm³/mol. The normalized spacial score (nSPS) is 12.4. The third kappa shape index (κ3) is 8.05. The van der Waals surface area contributed by atoms with E-state index in [1.807, 2.05) is 30.3 Å². The molecular formula is C16H27ClN2O2. The number of ether oxygens (including phenoxy) is 1. The van der Waals surface area contributed by atoms with Gasteiger partial charge < -0.3 is 15.8 Å². The molecule has 120 valence electrons. The van der Waals surface area contributed by atoms with Crippen LogP contribution in [0.1, 0.15) is 25.8 Å². The molecule has 1 atom stereocenters. The summed E-state index contributed by atoms with van der Waals surface area (Å²) >= 11 is 0. The lowest BCUT2D eigenvalue weighted by molar-refractivity contribution is -0.122. The molecule has 1 aromatic carbocycles. The Morgan fingerprint density at radius 2 is 1.95 bits per heavy atom. The molecule has 0 heterocycles. The van der Waals surface area contributed by atoms with E-state index in [0.717, 1.165) is 12.0 Å². The number of hydrogen-bond acceptors (Lipinski definition) is 3. The van der Waals surface area contributed by atoms with Crippen LogP contribution in [0.2, 0.25) is 0 Å². The number of halogens is 1. The molecule has 0 aromatic heterocycles. The quantitative estimate of drug-likeness (QED) is 0.773. The minimum Gasteiger partial charge on any atom is -0.385 e. The summed E-state index contributed by atoms with van der Waals surface area (Å²) in [4.78, 5) is 12.0. The van der Waals surface area contributed by atoms with Gasteiger partial charge in [-0.25, -0.2) is 0 Å². The molecule has 0 aliphatic rings. The van der Waals surface area contributed by atoms with Crippen LogP contribution < -0.4 is 11.1 Å². The van der Waals surface area contributed by atoms with Crippen molar-refractivity contribution in [3.8, 4) is 0 Å². The maximum Gasteiger partial charge on any atom is 0.237 e. The summed E-state index contributed by atoms with van der Waals surface area (Å²) in [6.07, 6.45) is 1.46. The van der Waals surface area contributed by atoms with E-state index in [1.165, 1.54) is 0 Å². The van der Waals surface area contributed by atoms with Crippen LogP contribution in [0.5, 0.6) is 0 Å². The highest BCUT2D eigenvalue weighted by Crippen LogP contribution is 2.18. The molecule has 4 nitrogen and oxygen atoms in total. The van der Waals surface area contributed by atoms with Crippen molar-refractivity contribution in [2.24, 2.45) is 11.1 Å². The average molecular weight is 315 g/mol. The molecule has 0 aliphatic carbocycles. The molecule has 0 bridgehead atoms. The van der Waals surface area contributed by atoms with Gasteiger partial charge in [0.25, 0.3) is 0 Å². The van der Waals surface area contributed by atoms with Gasteiger partial charge in [0.1, 0.15) is 0 Å². The van der Waals surface area contributed by atoms with Gasteiger partial charge in [0.05, 0.1) is 6.04 Å². The van der Waals surface area contributed by atoms with Crippen LogP contribution in [-0.2, 0) is 16.0 Å². The highest BCUT2D eigenvalue weighted by molar-refractivity contribution is 5.85. The second kappa shape index (κ2) is 9.77. The molecule has 0 fully saturated rings. The lowest BCUT2D eigenvalue weighted by Crippen LogP contribution is -2.45. The first-order valence-electron chi connectivity index (χ1n) is 7.01. The van der Waals surface area contributed by atoms with Gasteiger partial charge in [-0.05, 0) is 23.8 Å². The first-order valence-corrected chi connectivity index (χ1v) is 7.01. The van der Waals surface area contributed by atoms with Crippen LogP contribution in [0.25, 0.3) is 0 Å². The Labute approximate surface area is 133 Å². The molecule has 0 radical (unpaired) electrons. The number of methoxy groups -OCH3 is 1. The molecule has 0 saturated carbocycles. The molecule has 0 saturated heterocycles. The fourth-order valence-electron chi connectivity index (χ4n) is 1.88. The second-order valence-corrected chi connectivity index (χ2v) is 5.92. The molecule has 1 amide bonds. The summed E-state index contributed by atoms with van der Waals surface area (Å²) < 4.78 is 5.07. The topological polar surface area (TPSA) is 64.3 Å². The molecule has 0 aliphatic heterocycles. The highest BCUT2D eigenvalue weighted by Gasteiger charge is 2.21. The zero-order valence-corrected chi connectivity index (χ0v) is 13.9. The van der Waals surface area contributed by atoms with Gasteiger partial charge in [-0.2, -0.15) is 0 Å². The van der Waals surface area contributed by atoms with Gasteiger partial charge in [0.2, 0.25) is 5.91 Å². The van der Waals surface area contributed by atoms with Crippen LogP contribution in [0, 0.1) is 5.41 Å². The second-order valence-electron chi connectivity index (χ2n) is 5.92. The van der Waals surface area contributed by atoms with Crippen molar-refractivity contribution in [3.63, 3.8) is 0 Å². The molecular weight excluding hydrogens is 288 g/mol. The molecule has 1 aromatic rings. The third-order valence-corrected chi connectivity index (χ3v) is 3.36. The Morgan fingerprint density at radius 1 is 1.33 bits per heavy atom. The number of rotatable bonds is 8. The van der Waals surface area contributed by atoms with Gasteiger partial charge in [0.15, 0.2) is 0 Å². The summed E-state index contributed by atoms with van der Waals surface area (Å²) in [6, 6.07) is 9.32. The van der Waals surface area contributed by atoms with E-state index in [0.29, 0.717) is 19.6 Å². The number of benzene rings is 1. The lowest BCUT2D eigenvalue weighted by atomic mass is 9.89. The van der Waals surface area contributed by atoms with Gasteiger partial charge >= 0.3 is 0 Å². The largest absolute Gasteiger partial charge is 0.385 e. The van der Waals surface area contributed by atoms with Crippen molar-refractivity contribution in [2.45, 2.75) is 32.7 Å². The van der Waals surface area contributed by atoms with Crippen molar-refractivity contribution in [3.05, 3.63) is 35.9 Å². The number of carbonyl (C=O) groups is 1. The van der Waals surface area contributed by atoms with Crippen LogP contribution in [0.4, 0.5) is 0 Å². The fraction of sp³-hybridized carbons (Fsp3) is 0.562. The SMILES string of the molecule is COCCC(C)(C)CNC(=O)[C@@H](N)Cc1ccccc1.Cl. The number of nitrogens with two attached hydrogens (primary N) is 1. The maximum atomic E-state index is 12.0. The highest BCUT2D eigenvalue weighted by atomic mass is 35.5. The third-order valence-electron chi connectivity index (χ3n) is 3.36. The van der Waals surface area contributed by atoms with Crippen LogP contribution in [-0.4, -0.2) is 32.2 Å². The van der Waals surface area contributed by atoms with Crippen LogP contribution in [0.3, 0.4) is 0 Å². The average Bonchev–Trinajstić information content (AvgIpc) is 2.44. The van der Waals surface area contributed by atoms with Gasteiger partial charge in [-0.1, -0.05) is 44.2 Å². The fourth-order valence-corrected chi connectivity index (χ4v) is 1.88. The predicted octanol–water partition coefficient (Wildman–Crippen LogP) is 2.16. The van der Waals surface area contributed by atoms with Gasteiger partial charge in [-0.15, -0.1) is 12.4 Å². The van der Waals surface area contributed by atoms with E-state index in [2.05, 4.69) is 19.2 Å². The Balaban J connectivity index is 0.00000400. The molecule has 0 spiro atoms. The van der Waals surface area contributed by atoms with E-state index in [1.54, 1.807) is 7.11 Å². The Kier molecular flexibility index (Phi) is 9.26. The first-order chi connectivity index (χ1) is 9.44. The summed E-state index contributed by atoms with van der Waals surface area (Å²) in [6.45, 7) is 5.51. The Hall–Kier alpha value is -1.10.